The predicted molar refractivity (Wildman–Crippen MR) is 127 cm³/mol. The molecular formula is C24H19N3O3S2. The number of fused-ring (bicyclic) bond motifs is 1. The molecule has 0 aliphatic carbocycles. The van der Waals surface area contributed by atoms with Crippen molar-refractivity contribution in [2.45, 2.75) is 12.5 Å². The van der Waals surface area contributed by atoms with Crippen LogP contribution in [0, 0.1) is 0 Å². The van der Waals surface area contributed by atoms with Crippen molar-refractivity contribution in [1.82, 2.24) is 4.98 Å². The van der Waals surface area contributed by atoms with E-state index in [1.807, 2.05) is 35.3 Å². The van der Waals surface area contributed by atoms with Crippen LogP contribution in [0.5, 0.6) is 17.2 Å². The number of rotatable bonds is 5. The van der Waals surface area contributed by atoms with Crippen LogP contribution in [0.3, 0.4) is 0 Å². The number of ether oxygens (including phenoxy) is 3. The molecule has 2 aromatic carbocycles. The van der Waals surface area contributed by atoms with E-state index < -0.39 is 0 Å². The van der Waals surface area contributed by atoms with E-state index >= 15 is 0 Å². The Kier molecular flexibility index (Phi) is 4.81. The SMILES string of the molecule is COc1ccc(-c2csc(N3N=C(c4cccs4)CC3c3ccc4c(c3)OCO4)n2)cc1. The van der Waals surface area contributed by atoms with Gasteiger partial charge in [-0.2, -0.15) is 5.10 Å². The third kappa shape index (κ3) is 3.41. The zero-order valence-corrected chi connectivity index (χ0v) is 18.9. The molecule has 0 amide bonds. The fourth-order valence-corrected chi connectivity index (χ4v) is 5.48. The molecule has 0 saturated carbocycles. The third-order valence-corrected chi connectivity index (χ3v) is 7.32. The quantitative estimate of drug-likeness (QED) is 0.367. The maximum Gasteiger partial charge on any atom is 0.231 e. The molecule has 2 aliphatic rings. The molecule has 4 heterocycles. The van der Waals surface area contributed by atoms with Crippen LogP contribution in [-0.4, -0.2) is 24.6 Å². The molecule has 2 aromatic heterocycles. The van der Waals surface area contributed by atoms with Gasteiger partial charge in [0, 0.05) is 17.4 Å². The maximum absolute atomic E-state index is 5.62. The van der Waals surface area contributed by atoms with Gasteiger partial charge in [0.2, 0.25) is 11.9 Å². The zero-order chi connectivity index (χ0) is 21.5. The lowest BCUT2D eigenvalue weighted by molar-refractivity contribution is 0.174. The van der Waals surface area contributed by atoms with E-state index in [1.165, 1.54) is 4.88 Å². The van der Waals surface area contributed by atoms with E-state index in [1.54, 1.807) is 29.8 Å². The summed E-state index contributed by atoms with van der Waals surface area (Å²) in [5.74, 6) is 2.40. The Morgan fingerprint density at radius 3 is 2.72 bits per heavy atom. The first-order chi connectivity index (χ1) is 15.8. The van der Waals surface area contributed by atoms with Crippen molar-refractivity contribution in [3.05, 3.63) is 75.8 Å². The fraction of sp³-hybridized carbons (Fsp3) is 0.167. The Morgan fingerprint density at radius 2 is 1.91 bits per heavy atom. The molecule has 32 heavy (non-hydrogen) atoms. The maximum atomic E-state index is 5.62. The van der Waals surface area contributed by atoms with Gasteiger partial charge in [-0.15, -0.1) is 22.7 Å². The largest absolute Gasteiger partial charge is 0.497 e. The van der Waals surface area contributed by atoms with Crippen molar-refractivity contribution >= 4 is 33.5 Å². The number of benzene rings is 2. The summed E-state index contributed by atoms with van der Waals surface area (Å²) in [5, 5.41) is 12.1. The normalized spacial score (nSPS) is 17.0. The second-order valence-electron chi connectivity index (χ2n) is 7.45. The van der Waals surface area contributed by atoms with Gasteiger partial charge in [0.05, 0.1) is 29.4 Å². The van der Waals surface area contributed by atoms with E-state index in [0.29, 0.717) is 0 Å². The van der Waals surface area contributed by atoms with Crippen LogP contribution >= 0.6 is 22.7 Å². The second kappa shape index (κ2) is 7.96. The molecule has 4 aromatic rings. The molecule has 160 valence electrons. The summed E-state index contributed by atoms with van der Waals surface area (Å²) in [6.07, 6.45) is 0.803. The number of nitrogens with zero attached hydrogens (tertiary/aromatic N) is 3. The number of hydrazone groups is 1. The minimum atomic E-state index is 0.0384. The Bertz CT molecular complexity index is 1280. The van der Waals surface area contributed by atoms with Crippen molar-refractivity contribution in [1.29, 1.82) is 0 Å². The average molecular weight is 462 g/mol. The summed E-state index contributed by atoms with van der Waals surface area (Å²) in [6.45, 7) is 0.266. The first-order valence-corrected chi connectivity index (χ1v) is 11.9. The fourth-order valence-electron chi connectivity index (χ4n) is 3.92. The Hall–Kier alpha value is -3.36. The summed E-state index contributed by atoms with van der Waals surface area (Å²) >= 11 is 3.31. The minimum Gasteiger partial charge on any atom is -0.497 e. The van der Waals surface area contributed by atoms with Gasteiger partial charge < -0.3 is 14.2 Å². The smallest absolute Gasteiger partial charge is 0.231 e. The number of hydrogen-bond acceptors (Lipinski definition) is 8. The molecule has 0 bridgehead atoms. The van der Waals surface area contributed by atoms with E-state index in [4.69, 9.17) is 24.3 Å². The number of aromatic nitrogens is 1. The Balaban J connectivity index is 1.36. The molecule has 6 rings (SSSR count). The standard InChI is InChI=1S/C24H19N3O3S2/c1-28-17-7-4-15(5-8-17)19-13-32-24(25-19)27-20(12-18(26-27)23-3-2-10-31-23)16-6-9-21-22(11-16)30-14-29-21/h2-11,13,20H,12,14H2,1H3. The van der Waals surface area contributed by atoms with Gasteiger partial charge in [-0.25, -0.2) is 9.99 Å². The van der Waals surface area contributed by atoms with Crippen molar-refractivity contribution in [3.63, 3.8) is 0 Å². The first-order valence-electron chi connectivity index (χ1n) is 10.2. The van der Waals surface area contributed by atoms with Crippen LogP contribution < -0.4 is 19.2 Å². The highest BCUT2D eigenvalue weighted by Gasteiger charge is 2.33. The Labute approximate surface area is 193 Å². The van der Waals surface area contributed by atoms with Gasteiger partial charge in [-0.05, 0) is 53.4 Å². The third-order valence-electron chi connectivity index (χ3n) is 5.57. The Morgan fingerprint density at radius 1 is 1.03 bits per heavy atom. The summed E-state index contributed by atoms with van der Waals surface area (Å²) < 4.78 is 16.4. The molecule has 0 radical (unpaired) electrons. The highest BCUT2D eigenvalue weighted by Crippen LogP contribution is 2.42. The summed E-state index contributed by atoms with van der Waals surface area (Å²) in [6, 6.07) is 18.3. The molecule has 1 unspecified atom stereocenters. The van der Waals surface area contributed by atoms with Crippen LogP contribution in [0.2, 0.25) is 0 Å². The van der Waals surface area contributed by atoms with E-state index in [9.17, 15) is 0 Å². The minimum absolute atomic E-state index is 0.0384. The molecule has 0 N–H and O–H groups in total. The van der Waals surface area contributed by atoms with Crippen molar-refractivity contribution in [2.75, 3.05) is 18.9 Å². The number of thiophene rings is 1. The molecule has 2 aliphatic heterocycles. The van der Waals surface area contributed by atoms with E-state index in [-0.39, 0.29) is 12.8 Å². The van der Waals surface area contributed by atoms with Crippen LogP contribution in [-0.2, 0) is 0 Å². The number of methoxy groups -OCH3 is 1. The molecule has 1 atom stereocenters. The van der Waals surface area contributed by atoms with Crippen molar-refractivity contribution in [3.8, 4) is 28.5 Å². The summed E-state index contributed by atoms with van der Waals surface area (Å²) in [7, 11) is 1.67. The molecular weight excluding hydrogens is 442 g/mol. The molecule has 0 saturated heterocycles. The first kappa shape index (κ1) is 19.3. The summed E-state index contributed by atoms with van der Waals surface area (Å²) in [4.78, 5) is 6.11. The van der Waals surface area contributed by atoms with Crippen LogP contribution in [0.25, 0.3) is 11.3 Å². The van der Waals surface area contributed by atoms with Gasteiger partial charge in [-0.3, -0.25) is 0 Å². The number of anilines is 1. The lowest BCUT2D eigenvalue weighted by Crippen LogP contribution is -2.18. The second-order valence-corrected chi connectivity index (χ2v) is 9.23. The van der Waals surface area contributed by atoms with Crippen LogP contribution in [0.1, 0.15) is 22.9 Å². The average Bonchev–Trinajstić information content (AvgIpc) is 3.63. The van der Waals surface area contributed by atoms with Gasteiger partial charge >= 0.3 is 0 Å². The molecule has 0 fully saturated rings. The molecule has 0 spiro atoms. The predicted octanol–water partition coefficient (Wildman–Crippen LogP) is 5.96. The lowest BCUT2D eigenvalue weighted by atomic mass is 10.0. The van der Waals surface area contributed by atoms with Crippen LogP contribution in [0.15, 0.2) is 70.5 Å². The van der Waals surface area contributed by atoms with Crippen LogP contribution in [0.4, 0.5) is 5.13 Å². The van der Waals surface area contributed by atoms with Crippen molar-refractivity contribution < 1.29 is 14.2 Å². The van der Waals surface area contributed by atoms with Gasteiger partial charge in [0.15, 0.2) is 11.5 Å². The highest BCUT2D eigenvalue weighted by molar-refractivity contribution is 7.14. The number of hydrogen-bond donors (Lipinski definition) is 0. The highest BCUT2D eigenvalue weighted by atomic mass is 32.1. The van der Waals surface area contributed by atoms with E-state index in [0.717, 1.165) is 51.3 Å². The van der Waals surface area contributed by atoms with Gasteiger partial charge in [0.25, 0.3) is 0 Å². The zero-order valence-electron chi connectivity index (χ0n) is 17.2. The molecule has 6 nitrogen and oxygen atoms in total. The number of thiazole rings is 1. The van der Waals surface area contributed by atoms with Gasteiger partial charge in [-0.1, -0.05) is 12.1 Å². The molecule has 8 heteroatoms. The van der Waals surface area contributed by atoms with Gasteiger partial charge in [0.1, 0.15) is 5.75 Å². The topological polar surface area (TPSA) is 56.2 Å². The van der Waals surface area contributed by atoms with Crippen molar-refractivity contribution in [2.24, 2.45) is 5.10 Å². The monoisotopic (exact) mass is 461 g/mol. The van der Waals surface area contributed by atoms with E-state index in [2.05, 4.69) is 35.0 Å². The lowest BCUT2D eigenvalue weighted by Gasteiger charge is -2.21. The summed E-state index contributed by atoms with van der Waals surface area (Å²) in [5.41, 5.74) is 4.18.